The summed E-state index contributed by atoms with van der Waals surface area (Å²) >= 11 is 0. The van der Waals surface area contributed by atoms with Crippen LogP contribution in [0, 0.1) is 6.92 Å². The van der Waals surface area contributed by atoms with E-state index in [1.807, 2.05) is 30.3 Å². The highest BCUT2D eigenvalue weighted by Crippen LogP contribution is 2.22. The van der Waals surface area contributed by atoms with E-state index in [-0.39, 0.29) is 12.5 Å². The lowest BCUT2D eigenvalue weighted by Gasteiger charge is -2.14. The van der Waals surface area contributed by atoms with Gasteiger partial charge in [-0.25, -0.2) is 4.79 Å². The second kappa shape index (κ2) is 9.41. The molecule has 0 unspecified atom stereocenters. The Morgan fingerprint density at radius 1 is 1.07 bits per heavy atom. The molecule has 0 aliphatic carbocycles. The number of ether oxygens (including phenoxy) is 3. The molecule has 3 rings (SSSR count). The third kappa shape index (κ3) is 6.10. The van der Waals surface area contributed by atoms with Crippen LogP contribution in [0.2, 0.25) is 0 Å². The van der Waals surface area contributed by atoms with Crippen molar-refractivity contribution in [1.29, 1.82) is 0 Å². The third-order valence-corrected chi connectivity index (χ3v) is 3.72. The van der Waals surface area contributed by atoms with Crippen LogP contribution in [0.5, 0.6) is 17.4 Å². The molecule has 0 aliphatic rings. The topological polar surface area (TPSA) is 99.9 Å². The minimum absolute atomic E-state index is 0.175. The van der Waals surface area contributed by atoms with Crippen LogP contribution in [0.25, 0.3) is 0 Å². The second-order valence-electron chi connectivity index (χ2n) is 6.13. The van der Waals surface area contributed by atoms with E-state index in [2.05, 4.69) is 10.5 Å². The number of hydrogen-bond donors (Lipinski definition) is 1. The summed E-state index contributed by atoms with van der Waals surface area (Å²) < 4.78 is 20.7. The summed E-state index contributed by atoms with van der Waals surface area (Å²) in [7, 11) is 0. The van der Waals surface area contributed by atoms with Crippen LogP contribution in [0.3, 0.4) is 0 Å². The third-order valence-electron chi connectivity index (χ3n) is 3.72. The van der Waals surface area contributed by atoms with Gasteiger partial charge in [0.15, 0.2) is 12.7 Å². The van der Waals surface area contributed by atoms with Crippen LogP contribution in [-0.2, 0) is 14.3 Å². The van der Waals surface area contributed by atoms with E-state index in [0.29, 0.717) is 22.9 Å². The van der Waals surface area contributed by atoms with Gasteiger partial charge < -0.3 is 24.1 Å². The Morgan fingerprint density at radius 3 is 2.41 bits per heavy atom. The van der Waals surface area contributed by atoms with Crippen molar-refractivity contribution in [1.82, 2.24) is 5.16 Å². The number of benzene rings is 2. The molecule has 0 spiro atoms. The van der Waals surface area contributed by atoms with E-state index < -0.39 is 18.0 Å². The highest BCUT2D eigenvalue weighted by molar-refractivity contribution is 5.95. The van der Waals surface area contributed by atoms with Gasteiger partial charge in [0, 0.05) is 11.8 Å². The predicted octanol–water partition coefficient (Wildman–Crippen LogP) is 3.72. The molecule has 0 saturated carbocycles. The van der Waals surface area contributed by atoms with Crippen molar-refractivity contribution < 1.29 is 28.3 Å². The fraction of sp³-hybridized carbons (Fsp3) is 0.190. The Labute approximate surface area is 167 Å². The van der Waals surface area contributed by atoms with Crippen LogP contribution in [0.1, 0.15) is 12.7 Å². The van der Waals surface area contributed by atoms with Crippen molar-refractivity contribution in [3.05, 3.63) is 66.4 Å². The Hall–Kier alpha value is -3.81. The van der Waals surface area contributed by atoms with Gasteiger partial charge >= 0.3 is 5.97 Å². The number of aromatic nitrogens is 1. The predicted molar refractivity (Wildman–Crippen MR) is 104 cm³/mol. The molecule has 8 heteroatoms. The summed E-state index contributed by atoms with van der Waals surface area (Å²) in [6.07, 6.45) is -0.995. The van der Waals surface area contributed by atoms with Crippen LogP contribution in [-0.4, -0.2) is 29.7 Å². The van der Waals surface area contributed by atoms with Gasteiger partial charge in [-0.3, -0.25) is 4.79 Å². The molecule has 0 saturated heterocycles. The lowest BCUT2D eigenvalue weighted by atomic mass is 10.2. The second-order valence-corrected chi connectivity index (χ2v) is 6.13. The SMILES string of the molecule is Cc1cc(OCC(=O)O[C@H](C)C(=O)Nc2ccc(Oc3ccccc3)cc2)no1. The van der Waals surface area contributed by atoms with Gasteiger partial charge in [-0.1, -0.05) is 18.2 Å². The standard InChI is InChI=1S/C21H20N2O6/c1-14-12-19(23-29-14)26-13-20(24)27-15(2)21(25)22-16-8-10-18(11-9-16)28-17-6-4-3-5-7-17/h3-12,15H,13H2,1-2H3,(H,22,25)/t15-/m1/s1. The maximum Gasteiger partial charge on any atom is 0.345 e. The fourth-order valence-corrected chi connectivity index (χ4v) is 2.30. The van der Waals surface area contributed by atoms with Gasteiger partial charge in [0.05, 0.1) is 0 Å². The Kier molecular flexibility index (Phi) is 6.47. The van der Waals surface area contributed by atoms with E-state index in [1.54, 1.807) is 31.2 Å². The highest BCUT2D eigenvalue weighted by Gasteiger charge is 2.18. The molecule has 1 atom stereocenters. The Morgan fingerprint density at radius 2 is 1.76 bits per heavy atom. The zero-order chi connectivity index (χ0) is 20.6. The number of esters is 1. The van der Waals surface area contributed by atoms with Gasteiger partial charge in [-0.15, -0.1) is 0 Å². The monoisotopic (exact) mass is 396 g/mol. The summed E-state index contributed by atoms with van der Waals surface area (Å²) in [5, 5.41) is 6.27. The number of carbonyl (C=O) groups is 2. The maximum atomic E-state index is 12.2. The number of hydrogen-bond acceptors (Lipinski definition) is 7. The van der Waals surface area contributed by atoms with E-state index in [1.165, 1.54) is 13.0 Å². The zero-order valence-electron chi connectivity index (χ0n) is 16.0. The number of aryl methyl sites for hydroxylation is 1. The highest BCUT2D eigenvalue weighted by atomic mass is 16.6. The number of amides is 1. The van der Waals surface area contributed by atoms with Crippen molar-refractivity contribution in [2.45, 2.75) is 20.0 Å². The number of nitrogens with one attached hydrogen (secondary N) is 1. The van der Waals surface area contributed by atoms with Gasteiger partial charge in [0.1, 0.15) is 17.3 Å². The number of anilines is 1. The smallest absolute Gasteiger partial charge is 0.345 e. The molecule has 0 bridgehead atoms. The quantitative estimate of drug-likeness (QED) is 0.579. The first-order valence-electron chi connectivity index (χ1n) is 8.89. The molecule has 1 heterocycles. The zero-order valence-corrected chi connectivity index (χ0v) is 16.0. The first-order chi connectivity index (χ1) is 14.0. The van der Waals surface area contributed by atoms with Crippen LogP contribution < -0.4 is 14.8 Å². The fourth-order valence-electron chi connectivity index (χ4n) is 2.30. The van der Waals surface area contributed by atoms with Crippen LogP contribution >= 0.6 is 0 Å². The molecule has 1 amide bonds. The Bertz CT molecular complexity index is 953. The first kappa shape index (κ1) is 19.9. The average Bonchev–Trinajstić information content (AvgIpc) is 3.14. The normalized spacial score (nSPS) is 11.4. The summed E-state index contributed by atoms with van der Waals surface area (Å²) in [5.74, 6) is 0.921. The molecule has 150 valence electrons. The van der Waals surface area contributed by atoms with E-state index in [4.69, 9.17) is 18.7 Å². The molecule has 1 aromatic heterocycles. The summed E-state index contributed by atoms with van der Waals surface area (Å²) in [6.45, 7) is 2.79. The molecule has 1 N–H and O–H groups in total. The Balaban J connectivity index is 1.45. The van der Waals surface area contributed by atoms with Gasteiger partial charge in [0.2, 0.25) is 0 Å². The molecule has 0 aliphatic heterocycles. The molecule has 29 heavy (non-hydrogen) atoms. The van der Waals surface area contributed by atoms with E-state index >= 15 is 0 Å². The van der Waals surface area contributed by atoms with Crippen molar-refractivity contribution in [3.63, 3.8) is 0 Å². The molecular weight excluding hydrogens is 376 g/mol. The summed E-state index contributed by atoms with van der Waals surface area (Å²) in [6, 6.07) is 17.7. The molecular formula is C21H20N2O6. The molecule has 0 fully saturated rings. The number of nitrogens with zero attached hydrogens (tertiary/aromatic N) is 1. The molecule has 3 aromatic rings. The van der Waals surface area contributed by atoms with Gasteiger partial charge in [-0.05, 0) is 55.4 Å². The van der Waals surface area contributed by atoms with E-state index in [0.717, 1.165) is 0 Å². The maximum absolute atomic E-state index is 12.2. The van der Waals surface area contributed by atoms with E-state index in [9.17, 15) is 9.59 Å². The van der Waals surface area contributed by atoms with Crippen molar-refractivity contribution in [2.24, 2.45) is 0 Å². The average molecular weight is 396 g/mol. The number of para-hydroxylation sites is 1. The first-order valence-corrected chi connectivity index (χ1v) is 8.89. The molecule has 0 radical (unpaired) electrons. The van der Waals surface area contributed by atoms with Crippen molar-refractivity contribution >= 4 is 17.6 Å². The van der Waals surface area contributed by atoms with Gasteiger partial charge in [0.25, 0.3) is 11.8 Å². The minimum atomic E-state index is -0.995. The largest absolute Gasteiger partial charge is 0.463 e. The summed E-state index contributed by atoms with van der Waals surface area (Å²) in [4.78, 5) is 24.0. The number of carbonyl (C=O) groups excluding carboxylic acids is 2. The van der Waals surface area contributed by atoms with Crippen molar-refractivity contribution in [2.75, 3.05) is 11.9 Å². The summed E-state index contributed by atoms with van der Waals surface area (Å²) in [5.41, 5.74) is 0.549. The van der Waals surface area contributed by atoms with Crippen molar-refractivity contribution in [3.8, 4) is 17.4 Å². The lowest BCUT2D eigenvalue weighted by molar-refractivity contribution is -0.155. The van der Waals surface area contributed by atoms with Crippen LogP contribution in [0.4, 0.5) is 5.69 Å². The van der Waals surface area contributed by atoms with Gasteiger partial charge in [-0.2, -0.15) is 0 Å². The molecule has 2 aromatic carbocycles. The van der Waals surface area contributed by atoms with Crippen LogP contribution in [0.15, 0.2) is 65.2 Å². The lowest BCUT2D eigenvalue weighted by Crippen LogP contribution is -2.31. The minimum Gasteiger partial charge on any atom is -0.463 e. The molecule has 8 nitrogen and oxygen atoms in total. The number of rotatable bonds is 8.